The SMILES string of the molecule is CCNC(Cc1cc(Cl)ccc1F)C1CC1C. The molecule has 1 aromatic carbocycles. The predicted octanol–water partition coefficient (Wildman–Crippen LogP) is 3.66. The first-order valence-electron chi connectivity index (χ1n) is 6.29. The molecule has 94 valence electrons. The summed E-state index contributed by atoms with van der Waals surface area (Å²) in [7, 11) is 0. The summed E-state index contributed by atoms with van der Waals surface area (Å²) in [4.78, 5) is 0. The molecule has 0 aromatic heterocycles. The van der Waals surface area contributed by atoms with Gasteiger partial charge in [0.15, 0.2) is 0 Å². The second-order valence-corrected chi connectivity index (χ2v) is 5.42. The molecular weight excluding hydrogens is 237 g/mol. The molecule has 1 aliphatic carbocycles. The molecule has 1 nitrogen and oxygen atoms in total. The fourth-order valence-electron chi connectivity index (χ4n) is 2.49. The molecule has 1 fully saturated rings. The van der Waals surface area contributed by atoms with Crippen molar-refractivity contribution in [3.05, 3.63) is 34.6 Å². The zero-order chi connectivity index (χ0) is 12.4. The molecule has 0 aliphatic heterocycles. The van der Waals surface area contributed by atoms with Crippen LogP contribution in [-0.4, -0.2) is 12.6 Å². The number of rotatable bonds is 5. The summed E-state index contributed by atoms with van der Waals surface area (Å²) < 4.78 is 13.7. The Bertz CT molecular complexity index is 394. The second-order valence-electron chi connectivity index (χ2n) is 4.98. The average Bonchev–Trinajstić information content (AvgIpc) is 3.00. The number of hydrogen-bond donors (Lipinski definition) is 1. The highest BCUT2D eigenvalue weighted by Crippen LogP contribution is 2.41. The van der Waals surface area contributed by atoms with Crippen molar-refractivity contribution >= 4 is 11.6 Å². The van der Waals surface area contributed by atoms with Crippen LogP contribution in [0.5, 0.6) is 0 Å². The average molecular weight is 256 g/mol. The van der Waals surface area contributed by atoms with Gasteiger partial charge in [-0.2, -0.15) is 0 Å². The summed E-state index contributed by atoms with van der Waals surface area (Å²) in [6.45, 7) is 5.27. The quantitative estimate of drug-likeness (QED) is 0.847. The molecular formula is C14H19ClFN. The van der Waals surface area contributed by atoms with E-state index < -0.39 is 0 Å². The van der Waals surface area contributed by atoms with Crippen molar-refractivity contribution in [2.75, 3.05) is 6.54 Å². The molecule has 0 spiro atoms. The Morgan fingerprint density at radius 2 is 2.24 bits per heavy atom. The lowest BCUT2D eigenvalue weighted by Gasteiger charge is -2.18. The monoisotopic (exact) mass is 255 g/mol. The highest BCUT2D eigenvalue weighted by Gasteiger charge is 2.39. The van der Waals surface area contributed by atoms with Crippen LogP contribution in [0, 0.1) is 17.7 Å². The van der Waals surface area contributed by atoms with Crippen LogP contribution < -0.4 is 5.32 Å². The molecule has 0 heterocycles. The minimum atomic E-state index is -0.148. The maximum Gasteiger partial charge on any atom is 0.126 e. The topological polar surface area (TPSA) is 12.0 Å². The van der Waals surface area contributed by atoms with Gasteiger partial charge in [0.25, 0.3) is 0 Å². The highest BCUT2D eigenvalue weighted by atomic mass is 35.5. The Morgan fingerprint density at radius 3 is 2.82 bits per heavy atom. The summed E-state index contributed by atoms with van der Waals surface area (Å²) in [5.74, 6) is 1.31. The minimum absolute atomic E-state index is 0.148. The summed E-state index contributed by atoms with van der Waals surface area (Å²) in [6.07, 6.45) is 1.98. The van der Waals surface area contributed by atoms with Gasteiger partial charge < -0.3 is 5.32 Å². The highest BCUT2D eigenvalue weighted by molar-refractivity contribution is 6.30. The van der Waals surface area contributed by atoms with Crippen molar-refractivity contribution in [3.63, 3.8) is 0 Å². The standard InChI is InChI=1S/C14H19ClFN/c1-3-17-14(12-6-9(12)2)8-10-7-11(15)4-5-13(10)16/h4-5,7,9,12,14,17H,3,6,8H2,1-2H3. The van der Waals surface area contributed by atoms with Crippen molar-refractivity contribution in [1.29, 1.82) is 0 Å². The fourth-order valence-corrected chi connectivity index (χ4v) is 2.68. The van der Waals surface area contributed by atoms with Crippen molar-refractivity contribution in [1.82, 2.24) is 5.32 Å². The van der Waals surface area contributed by atoms with Gasteiger partial charge in [-0.3, -0.25) is 0 Å². The molecule has 17 heavy (non-hydrogen) atoms. The predicted molar refractivity (Wildman–Crippen MR) is 69.8 cm³/mol. The zero-order valence-corrected chi connectivity index (χ0v) is 11.1. The van der Waals surface area contributed by atoms with Gasteiger partial charge >= 0.3 is 0 Å². The van der Waals surface area contributed by atoms with Crippen LogP contribution in [0.25, 0.3) is 0 Å². The van der Waals surface area contributed by atoms with E-state index in [1.165, 1.54) is 12.5 Å². The lowest BCUT2D eigenvalue weighted by molar-refractivity contribution is 0.446. The van der Waals surface area contributed by atoms with Crippen molar-refractivity contribution in [2.24, 2.45) is 11.8 Å². The smallest absolute Gasteiger partial charge is 0.126 e. The fraction of sp³-hybridized carbons (Fsp3) is 0.571. The van der Waals surface area contributed by atoms with Crippen LogP contribution in [-0.2, 0) is 6.42 Å². The van der Waals surface area contributed by atoms with Gasteiger partial charge in [0.2, 0.25) is 0 Å². The molecule has 3 atom stereocenters. The molecule has 0 radical (unpaired) electrons. The van der Waals surface area contributed by atoms with E-state index in [1.807, 2.05) is 0 Å². The maximum atomic E-state index is 13.7. The van der Waals surface area contributed by atoms with E-state index in [4.69, 9.17) is 11.6 Å². The normalized spacial score (nSPS) is 24.7. The molecule has 1 aliphatic rings. The van der Waals surface area contributed by atoms with Crippen LogP contribution in [0.2, 0.25) is 5.02 Å². The minimum Gasteiger partial charge on any atom is -0.314 e. The third kappa shape index (κ3) is 3.20. The van der Waals surface area contributed by atoms with Gasteiger partial charge in [-0.1, -0.05) is 25.4 Å². The molecule has 1 N–H and O–H groups in total. The Balaban J connectivity index is 2.08. The number of hydrogen-bond acceptors (Lipinski definition) is 1. The number of nitrogens with one attached hydrogen (secondary N) is 1. The summed E-state index contributed by atoms with van der Waals surface area (Å²) in [5.41, 5.74) is 0.725. The third-order valence-electron chi connectivity index (χ3n) is 3.60. The first kappa shape index (κ1) is 12.8. The van der Waals surface area contributed by atoms with Crippen LogP contribution in [0.4, 0.5) is 4.39 Å². The van der Waals surface area contributed by atoms with Crippen LogP contribution >= 0.6 is 11.6 Å². The van der Waals surface area contributed by atoms with E-state index in [9.17, 15) is 4.39 Å². The Hall–Kier alpha value is -0.600. The van der Waals surface area contributed by atoms with Gasteiger partial charge in [-0.15, -0.1) is 0 Å². The van der Waals surface area contributed by atoms with E-state index in [-0.39, 0.29) is 5.82 Å². The van der Waals surface area contributed by atoms with Gasteiger partial charge in [0.1, 0.15) is 5.82 Å². The summed E-state index contributed by atoms with van der Waals surface area (Å²) >= 11 is 5.91. The second kappa shape index (κ2) is 5.36. The maximum absolute atomic E-state index is 13.7. The first-order valence-corrected chi connectivity index (χ1v) is 6.67. The molecule has 0 saturated heterocycles. The van der Waals surface area contributed by atoms with Crippen LogP contribution in [0.15, 0.2) is 18.2 Å². The van der Waals surface area contributed by atoms with Crippen LogP contribution in [0.3, 0.4) is 0 Å². The van der Waals surface area contributed by atoms with E-state index in [2.05, 4.69) is 19.2 Å². The van der Waals surface area contributed by atoms with Crippen molar-refractivity contribution in [2.45, 2.75) is 32.7 Å². The van der Waals surface area contributed by atoms with Gasteiger partial charge in [0, 0.05) is 11.1 Å². The zero-order valence-electron chi connectivity index (χ0n) is 10.3. The van der Waals surface area contributed by atoms with Crippen LogP contribution in [0.1, 0.15) is 25.8 Å². The largest absolute Gasteiger partial charge is 0.314 e. The van der Waals surface area contributed by atoms with E-state index in [0.717, 1.165) is 24.4 Å². The molecule has 1 aromatic rings. The summed E-state index contributed by atoms with van der Waals surface area (Å²) in [5, 5.41) is 4.07. The van der Waals surface area contributed by atoms with Crippen molar-refractivity contribution in [3.8, 4) is 0 Å². The molecule has 3 heteroatoms. The third-order valence-corrected chi connectivity index (χ3v) is 3.84. The Morgan fingerprint density at radius 1 is 1.53 bits per heavy atom. The van der Waals surface area contributed by atoms with E-state index in [0.29, 0.717) is 17.0 Å². The van der Waals surface area contributed by atoms with E-state index in [1.54, 1.807) is 12.1 Å². The molecule has 0 bridgehead atoms. The number of benzene rings is 1. The lowest BCUT2D eigenvalue weighted by atomic mass is 10.0. The first-order chi connectivity index (χ1) is 8.11. The Kier molecular flexibility index (Phi) is 4.05. The number of halogens is 2. The van der Waals surface area contributed by atoms with Gasteiger partial charge in [0.05, 0.1) is 0 Å². The van der Waals surface area contributed by atoms with Gasteiger partial charge in [-0.25, -0.2) is 4.39 Å². The molecule has 1 saturated carbocycles. The molecule has 0 amide bonds. The lowest BCUT2D eigenvalue weighted by Crippen LogP contribution is -2.33. The van der Waals surface area contributed by atoms with Gasteiger partial charge in [-0.05, 0) is 55.0 Å². The van der Waals surface area contributed by atoms with E-state index >= 15 is 0 Å². The van der Waals surface area contributed by atoms with Crippen molar-refractivity contribution < 1.29 is 4.39 Å². The number of likely N-dealkylation sites (N-methyl/N-ethyl adjacent to an activating group) is 1. The molecule has 2 rings (SSSR count). The summed E-state index contributed by atoms with van der Waals surface area (Å²) in [6, 6.07) is 5.18. The molecule has 3 unspecified atom stereocenters. The Labute approximate surface area is 107 Å².